The van der Waals surface area contributed by atoms with Crippen LogP contribution in [-0.2, 0) is 4.79 Å². The summed E-state index contributed by atoms with van der Waals surface area (Å²) in [5, 5.41) is 10.1. The van der Waals surface area contributed by atoms with Crippen LogP contribution in [-0.4, -0.2) is 35.1 Å². The van der Waals surface area contributed by atoms with E-state index >= 15 is 0 Å². The van der Waals surface area contributed by atoms with Gasteiger partial charge in [-0.15, -0.1) is 0 Å². The van der Waals surface area contributed by atoms with Crippen LogP contribution in [0, 0.1) is 0 Å². The van der Waals surface area contributed by atoms with Gasteiger partial charge < -0.3 is 5.11 Å². The third-order valence-corrected chi connectivity index (χ3v) is 4.65. The van der Waals surface area contributed by atoms with Crippen molar-refractivity contribution in [1.82, 2.24) is 18.3 Å². The fourth-order valence-corrected chi connectivity index (χ4v) is 3.66. The SMILES string of the molecule is O=C(O)CSc1nccn1-c1c(Cl)cc(Cl)c2nsnc12. The van der Waals surface area contributed by atoms with Gasteiger partial charge in [-0.3, -0.25) is 9.36 Å². The van der Waals surface area contributed by atoms with E-state index in [1.54, 1.807) is 23.0 Å². The second-order valence-electron chi connectivity index (χ2n) is 3.91. The number of carboxylic acid groups (broad SMARTS) is 1. The molecule has 0 spiro atoms. The quantitative estimate of drug-likeness (QED) is 0.718. The molecular weight excluding hydrogens is 355 g/mol. The number of fused-ring (bicyclic) bond motifs is 1. The van der Waals surface area contributed by atoms with Gasteiger partial charge in [0.2, 0.25) is 0 Å². The minimum Gasteiger partial charge on any atom is -0.481 e. The summed E-state index contributed by atoms with van der Waals surface area (Å²) in [6.07, 6.45) is 3.26. The van der Waals surface area contributed by atoms with Gasteiger partial charge in [0.05, 0.1) is 33.2 Å². The van der Waals surface area contributed by atoms with Gasteiger partial charge in [-0.25, -0.2) is 4.98 Å². The molecule has 21 heavy (non-hydrogen) atoms. The molecule has 0 saturated heterocycles. The predicted molar refractivity (Wildman–Crippen MR) is 82.9 cm³/mol. The first-order chi connectivity index (χ1) is 10.1. The van der Waals surface area contributed by atoms with Crippen LogP contribution in [0.25, 0.3) is 16.7 Å². The van der Waals surface area contributed by atoms with Crippen LogP contribution in [0.4, 0.5) is 0 Å². The fraction of sp³-hybridized carbons (Fsp3) is 0.0909. The van der Waals surface area contributed by atoms with Crippen LogP contribution in [0.2, 0.25) is 10.0 Å². The Labute approximate surface area is 137 Å². The molecular formula is C11H6Cl2N4O2S2. The Morgan fingerprint density at radius 3 is 2.86 bits per heavy atom. The third kappa shape index (κ3) is 2.71. The second kappa shape index (κ2) is 5.80. The van der Waals surface area contributed by atoms with Crippen LogP contribution in [0.1, 0.15) is 0 Å². The molecule has 0 saturated carbocycles. The summed E-state index contributed by atoms with van der Waals surface area (Å²) in [4.78, 5) is 14.8. The number of aliphatic carboxylic acids is 1. The standard InChI is InChI=1S/C11H6Cl2N4O2S2/c12-5-3-6(13)10(9-8(5)15-21-16-9)17-2-1-14-11(17)20-4-7(18)19/h1-3H,4H2,(H,18,19). The molecule has 0 aliphatic heterocycles. The fourth-order valence-electron chi connectivity index (χ4n) is 1.78. The van der Waals surface area contributed by atoms with Gasteiger partial charge in [0.25, 0.3) is 0 Å². The first-order valence-corrected chi connectivity index (χ1v) is 8.03. The number of thioether (sulfide) groups is 1. The molecule has 1 aromatic carbocycles. The molecule has 0 unspecified atom stereocenters. The first-order valence-electron chi connectivity index (χ1n) is 5.56. The normalized spacial score (nSPS) is 11.1. The third-order valence-electron chi connectivity index (χ3n) is 2.59. The van der Waals surface area contributed by atoms with Crippen molar-refractivity contribution in [3.8, 4) is 5.69 Å². The number of carbonyl (C=O) groups is 1. The predicted octanol–water partition coefficient (Wildman–Crippen LogP) is 3.36. The Morgan fingerprint density at radius 1 is 1.33 bits per heavy atom. The molecule has 0 fully saturated rings. The smallest absolute Gasteiger partial charge is 0.313 e. The number of imidazole rings is 1. The average molecular weight is 361 g/mol. The van der Waals surface area contributed by atoms with E-state index in [-0.39, 0.29) is 5.75 Å². The zero-order chi connectivity index (χ0) is 15.0. The van der Waals surface area contributed by atoms with Gasteiger partial charge in [0, 0.05) is 12.4 Å². The van der Waals surface area contributed by atoms with Crippen molar-refractivity contribution in [2.24, 2.45) is 0 Å². The van der Waals surface area contributed by atoms with Crippen molar-refractivity contribution in [2.45, 2.75) is 5.16 Å². The van der Waals surface area contributed by atoms with E-state index in [4.69, 9.17) is 28.3 Å². The summed E-state index contributed by atoms with van der Waals surface area (Å²) >= 11 is 14.5. The lowest BCUT2D eigenvalue weighted by molar-refractivity contribution is -0.133. The van der Waals surface area contributed by atoms with E-state index in [1.165, 1.54) is 0 Å². The lowest BCUT2D eigenvalue weighted by atomic mass is 10.2. The van der Waals surface area contributed by atoms with Crippen molar-refractivity contribution in [2.75, 3.05) is 5.75 Å². The molecule has 3 rings (SSSR count). The maximum atomic E-state index is 10.7. The summed E-state index contributed by atoms with van der Waals surface area (Å²) in [6, 6.07) is 1.59. The number of nitrogens with zero attached hydrogens (tertiary/aromatic N) is 4. The highest BCUT2D eigenvalue weighted by molar-refractivity contribution is 7.99. The molecule has 0 aliphatic rings. The average Bonchev–Trinajstić information content (AvgIpc) is 3.05. The lowest BCUT2D eigenvalue weighted by Crippen LogP contribution is -2.02. The van der Waals surface area contributed by atoms with E-state index < -0.39 is 5.97 Å². The Balaban J connectivity index is 2.15. The van der Waals surface area contributed by atoms with Gasteiger partial charge in [-0.1, -0.05) is 35.0 Å². The Morgan fingerprint density at radius 2 is 2.10 bits per heavy atom. The van der Waals surface area contributed by atoms with Gasteiger partial charge in [0.1, 0.15) is 11.0 Å². The molecule has 0 aliphatic carbocycles. The van der Waals surface area contributed by atoms with Gasteiger partial charge in [0.15, 0.2) is 5.16 Å². The van der Waals surface area contributed by atoms with Crippen LogP contribution >= 0.6 is 46.7 Å². The topological polar surface area (TPSA) is 80.9 Å². The van der Waals surface area contributed by atoms with Gasteiger partial charge in [-0.05, 0) is 6.07 Å². The molecule has 0 bridgehead atoms. The molecule has 2 heterocycles. The summed E-state index contributed by atoms with van der Waals surface area (Å²) in [5.41, 5.74) is 1.71. The van der Waals surface area contributed by atoms with Crippen LogP contribution in [0.3, 0.4) is 0 Å². The van der Waals surface area contributed by atoms with E-state index in [0.717, 1.165) is 23.5 Å². The Kier molecular flexibility index (Phi) is 4.03. The maximum absolute atomic E-state index is 10.7. The number of carboxylic acids is 1. The zero-order valence-corrected chi connectivity index (χ0v) is 13.3. The highest BCUT2D eigenvalue weighted by Gasteiger charge is 2.18. The maximum Gasteiger partial charge on any atom is 0.313 e. The number of rotatable bonds is 4. The van der Waals surface area contributed by atoms with Crippen molar-refractivity contribution in [1.29, 1.82) is 0 Å². The monoisotopic (exact) mass is 360 g/mol. The van der Waals surface area contributed by atoms with Crippen LogP contribution in [0.5, 0.6) is 0 Å². The number of halogens is 2. The van der Waals surface area contributed by atoms with E-state index in [0.29, 0.717) is 31.9 Å². The first kappa shape index (κ1) is 14.6. The molecule has 108 valence electrons. The van der Waals surface area contributed by atoms with Crippen LogP contribution < -0.4 is 0 Å². The van der Waals surface area contributed by atoms with Gasteiger partial charge in [-0.2, -0.15) is 8.75 Å². The summed E-state index contributed by atoms with van der Waals surface area (Å²) in [7, 11) is 0. The van der Waals surface area contributed by atoms with Crippen molar-refractivity contribution in [3.63, 3.8) is 0 Å². The van der Waals surface area contributed by atoms with Crippen molar-refractivity contribution >= 4 is 63.7 Å². The molecule has 0 atom stereocenters. The van der Waals surface area contributed by atoms with Crippen LogP contribution in [0.15, 0.2) is 23.6 Å². The highest BCUT2D eigenvalue weighted by atomic mass is 35.5. The zero-order valence-electron chi connectivity index (χ0n) is 10.2. The largest absolute Gasteiger partial charge is 0.481 e. The second-order valence-corrected chi connectivity index (χ2v) is 6.20. The summed E-state index contributed by atoms with van der Waals surface area (Å²) < 4.78 is 10.0. The molecule has 1 N–H and O–H groups in total. The van der Waals surface area contributed by atoms with E-state index in [2.05, 4.69) is 13.7 Å². The Hall–Kier alpha value is -1.35. The van der Waals surface area contributed by atoms with Crippen molar-refractivity contribution in [3.05, 3.63) is 28.5 Å². The number of hydrogen-bond acceptors (Lipinski definition) is 6. The summed E-state index contributed by atoms with van der Waals surface area (Å²) in [5.74, 6) is -1.02. The highest BCUT2D eigenvalue weighted by Crippen LogP contribution is 2.35. The molecule has 10 heteroatoms. The number of hydrogen-bond donors (Lipinski definition) is 1. The lowest BCUT2D eigenvalue weighted by Gasteiger charge is -2.10. The molecule has 2 aromatic heterocycles. The minimum atomic E-state index is -0.919. The van der Waals surface area contributed by atoms with E-state index in [9.17, 15) is 4.79 Å². The van der Waals surface area contributed by atoms with E-state index in [1.807, 2.05) is 0 Å². The van der Waals surface area contributed by atoms with Gasteiger partial charge >= 0.3 is 5.97 Å². The summed E-state index contributed by atoms with van der Waals surface area (Å²) in [6.45, 7) is 0. The molecule has 3 aromatic rings. The molecule has 0 amide bonds. The molecule has 6 nitrogen and oxygen atoms in total. The number of aromatic nitrogens is 4. The Bertz CT molecular complexity index is 833. The minimum absolute atomic E-state index is 0.0965. The van der Waals surface area contributed by atoms with Crippen molar-refractivity contribution < 1.29 is 9.90 Å². The number of benzene rings is 1. The molecule has 0 radical (unpaired) electrons.